The molecule has 0 saturated carbocycles. The molecule has 23 heavy (non-hydrogen) atoms. The van der Waals surface area contributed by atoms with E-state index >= 15 is 0 Å². The summed E-state index contributed by atoms with van der Waals surface area (Å²) >= 11 is 0. The van der Waals surface area contributed by atoms with Crippen LogP contribution in [-0.2, 0) is 4.79 Å². The molecule has 2 heterocycles. The first-order valence-electron chi connectivity index (χ1n) is 7.27. The zero-order valence-electron chi connectivity index (χ0n) is 12.6. The second-order valence-electron chi connectivity index (χ2n) is 5.37. The fourth-order valence-electron chi connectivity index (χ4n) is 2.74. The number of rotatable bonds is 4. The van der Waals surface area contributed by atoms with Crippen molar-refractivity contribution in [2.24, 2.45) is 0 Å². The van der Waals surface area contributed by atoms with E-state index < -0.39 is 4.92 Å². The number of hydrogen-bond acceptors (Lipinski definition) is 5. The number of likely N-dealkylation sites (N-methyl/N-ethyl adjacent to an activating group) is 1. The van der Waals surface area contributed by atoms with E-state index in [0.717, 1.165) is 5.69 Å². The van der Waals surface area contributed by atoms with Gasteiger partial charge in [0.15, 0.2) is 0 Å². The Kier molecular flexibility index (Phi) is 3.92. The first-order valence-corrected chi connectivity index (χ1v) is 7.27. The van der Waals surface area contributed by atoms with Crippen molar-refractivity contribution in [2.45, 2.75) is 12.5 Å². The third kappa shape index (κ3) is 2.85. The molecule has 7 heteroatoms. The maximum Gasteiger partial charge on any atom is 0.287 e. The van der Waals surface area contributed by atoms with E-state index in [0.29, 0.717) is 18.8 Å². The minimum atomic E-state index is -0.491. The van der Waals surface area contributed by atoms with Crippen molar-refractivity contribution < 1.29 is 9.72 Å². The van der Waals surface area contributed by atoms with Crippen LogP contribution in [0.3, 0.4) is 0 Å². The fourth-order valence-corrected chi connectivity index (χ4v) is 2.74. The molecule has 0 aliphatic carbocycles. The fraction of sp³-hybridized carbons (Fsp3) is 0.250. The van der Waals surface area contributed by atoms with Crippen LogP contribution in [0.2, 0.25) is 0 Å². The van der Waals surface area contributed by atoms with Gasteiger partial charge in [-0.1, -0.05) is 18.2 Å². The van der Waals surface area contributed by atoms with Gasteiger partial charge in [-0.15, -0.1) is 0 Å². The van der Waals surface area contributed by atoms with Gasteiger partial charge in [0.05, 0.1) is 4.92 Å². The summed E-state index contributed by atoms with van der Waals surface area (Å²) in [6, 6.07) is 12.2. The highest BCUT2D eigenvalue weighted by atomic mass is 16.6. The number of pyridine rings is 1. The maximum absolute atomic E-state index is 12.6. The molecule has 118 valence electrons. The molecule has 0 bridgehead atoms. The third-order valence-corrected chi connectivity index (χ3v) is 4.02. The first kappa shape index (κ1) is 15.0. The molecule has 1 aromatic carbocycles. The monoisotopic (exact) mass is 312 g/mol. The Bertz CT molecular complexity index is 718. The molecule has 1 saturated heterocycles. The van der Waals surface area contributed by atoms with Crippen molar-refractivity contribution in [1.82, 2.24) is 4.98 Å². The molecule has 0 radical (unpaired) electrons. The number of carbonyl (C=O) groups is 1. The number of aromatic nitrogens is 1. The second kappa shape index (κ2) is 6.04. The zero-order valence-corrected chi connectivity index (χ0v) is 12.6. The predicted molar refractivity (Wildman–Crippen MR) is 86.5 cm³/mol. The largest absolute Gasteiger partial charge is 0.348 e. The lowest BCUT2D eigenvalue weighted by Crippen LogP contribution is -2.40. The summed E-state index contributed by atoms with van der Waals surface area (Å²) in [7, 11) is 1.78. The smallest absolute Gasteiger partial charge is 0.287 e. The molecule has 1 aliphatic heterocycles. The van der Waals surface area contributed by atoms with E-state index in [1.807, 2.05) is 30.3 Å². The van der Waals surface area contributed by atoms with Gasteiger partial charge in [0.2, 0.25) is 5.91 Å². The Hall–Kier alpha value is -2.96. The van der Waals surface area contributed by atoms with E-state index in [-0.39, 0.29) is 17.6 Å². The molecule has 1 amide bonds. The SMILES string of the molecule is CN(c1ccc([N+](=O)[O-])cn1)C1CCN(c2ccccc2)C1=O. The summed E-state index contributed by atoms with van der Waals surface area (Å²) in [4.78, 5) is 30.5. The van der Waals surface area contributed by atoms with Crippen molar-refractivity contribution in [3.05, 3.63) is 58.8 Å². The predicted octanol–water partition coefficient (Wildman–Crippen LogP) is 2.23. The van der Waals surface area contributed by atoms with E-state index in [1.165, 1.54) is 12.3 Å². The number of carbonyl (C=O) groups excluding carboxylic acids is 1. The van der Waals surface area contributed by atoms with E-state index in [9.17, 15) is 14.9 Å². The number of amides is 1. The van der Waals surface area contributed by atoms with Crippen LogP contribution in [-0.4, -0.2) is 35.4 Å². The van der Waals surface area contributed by atoms with Crippen LogP contribution in [0.4, 0.5) is 17.2 Å². The van der Waals surface area contributed by atoms with Crippen molar-refractivity contribution in [3.63, 3.8) is 0 Å². The summed E-state index contributed by atoms with van der Waals surface area (Å²) in [5.74, 6) is 0.558. The average molecular weight is 312 g/mol. The Labute approximate surface area is 133 Å². The number of anilines is 2. The van der Waals surface area contributed by atoms with Crippen LogP contribution in [0.25, 0.3) is 0 Å². The molecule has 1 unspecified atom stereocenters. The number of nitrogens with zero attached hydrogens (tertiary/aromatic N) is 4. The highest BCUT2D eigenvalue weighted by molar-refractivity contribution is 6.01. The number of benzene rings is 1. The van der Waals surface area contributed by atoms with Crippen LogP contribution in [0, 0.1) is 10.1 Å². The molecule has 1 aliphatic rings. The average Bonchev–Trinajstić information content (AvgIpc) is 2.96. The summed E-state index contributed by atoms with van der Waals surface area (Å²) in [6.07, 6.45) is 1.89. The minimum Gasteiger partial charge on any atom is -0.348 e. The van der Waals surface area contributed by atoms with E-state index in [1.54, 1.807) is 22.9 Å². The third-order valence-electron chi connectivity index (χ3n) is 4.02. The molecule has 1 atom stereocenters. The second-order valence-corrected chi connectivity index (χ2v) is 5.37. The van der Waals surface area contributed by atoms with Gasteiger partial charge in [0.25, 0.3) is 5.69 Å². The summed E-state index contributed by atoms with van der Waals surface area (Å²) in [5, 5.41) is 10.7. The van der Waals surface area contributed by atoms with Gasteiger partial charge < -0.3 is 9.80 Å². The van der Waals surface area contributed by atoms with Gasteiger partial charge >= 0.3 is 0 Å². The standard InChI is InChI=1S/C16H16N4O3/c1-18(15-8-7-13(11-17-15)20(22)23)14-9-10-19(16(14)21)12-5-3-2-4-6-12/h2-8,11,14H,9-10H2,1H3. The molecule has 2 aromatic rings. The molecular formula is C16H16N4O3. The van der Waals surface area contributed by atoms with Crippen LogP contribution < -0.4 is 9.80 Å². The first-order chi connectivity index (χ1) is 11.1. The Morgan fingerprint density at radius 3 is 2.61 bits per heavy atom. The number of nitro groups is 1. The topological polar surface area (TPSA) is 79.6 Å². The van der Waals surface area contributed by atoms with Crippen molar-refractivity contribution in [2.75, 3.05) is 23.4 Å². The van der Waals surface area contributed by atoms with E-state index in [2.05, 4.69) is 4.98 Å². The van der Waals surface area contributed by atoms with E-state index in [4.69, 9.17) is 0 Å². The molecule has 1 aromatic heterocycles. The molecule has 0 N–H and O–H groups in total. The van der Waals surface area contributed by atoms with Gasteiger partial charge in [0, 0.05) is 25.3 Å². The number of hydrogen-bond donors (Lipinski definition) is 0. The number of para-hydroxylation sites is 1. The molecule has 7 nitrogen and oxygen atoms in total. The zero-order chi connectivity index (χ0) is 16.4. The maximum atomic E-state index is 12.6. The summed E-state index contributed by atoms with van der Waals surface area (Å²) < 4.78 is 0. The molecular weight excluding hydrogens is 296 g/mol. The summed E-state index contributed by atoms with van der Waals surface area (Å²) in [6.45, 7) is 0.644. The highest BCUT2D eigenvalue weighted by Crippen LogP contribution is 2.26. The van der Waals surface area contributed by atoms with Crippen LogP contribution in [0.15, 0.2) is 48.7 Å². The van der Waals surface area contributed by atoms with Gasteiger partial charge in [0.1, 0.15) is 18.1 Å². The van der Waals surface area contributed by atoms with Crippen LogP contribution in [0.1, 0.15) is 6.42 Å². The van der Waals surface area contributed by atoms with Gasteiger partial charge in [-0.25, -0.2) is 4.98 Å². The lowest BCUT2D eigenvalue weighted by atomic mass is 10.2. The Morgan fingerprint density at radius 1 is 1.26 bits per heavy atom. The lowest BCUT2D eigenvalue weighted by molar-refractivity contribution is -0.385. The van der Waals surface area contributed by atoms with Crippen molar-refractivity contribution in [1.29, 1.82) is 0 Å². The Balaban J connectivity index is 1.77. The minimum absolute atomic E-state index is 0.0128. The Morgan fingerprint density at radius 2 is 2.00 bits per heavy atom. The lowest BCUT2D eigenvalue weighted by Gasteiger charge is -2.24. The van der Waals surface area contributed by atoms with Gasteiger partial charge in [-0.05, 0) is 24.6 Å². The van der Waals surface area contributed by atoms with Gasteiger partial charge in [-0.2, -0.15) is 0 Å². The van der Waals surface area contributed by atoms with Crippen LogP contribution >= 0.6 is 0 Å². The molecule has 1 fully saturated rings. The van der Waals surface area contributed by atoms with Crippen molar-refractivity contribution >= 4 is 23.1 Å². The van der Waals surface area contributed by atoms with Crippen molar-refractivity contribution in [3.8, 4) is 0 Å². The van der Waals surface area contributed by atoms with Crippen LogP contribution in [0.5, 0.6) is 0 Å². The molecule has 3 rings (SSSR count). The normalized spacial score (nSPS) is 17.3. The summed E-state index contributed by atoms with van der Waals surface area (Å²) in [5.41, 5.74) is 0.816. The quantitative estimate of drug-likeness (QED) is 0.639. The molecule has 0 spiro atoms. The van der Waals surface area contributed by atoms with Gasteiger partial charge in [-0.3, -0.25) is 14.9 Å². The highest BCUT2D eigenvalue weighted by Gasteiger charge is 2.35.